The molecule has 0 aliphatic carbocycles. The van der Waals surface area contributed by atoms with E-state index in [1.165, 1.54) is 0 Å². The number of benzene rings is 1. The number of amides is 1. The minimum absolute atomic E-state index is 0.0422. The van der Waals surface area contributed by atoms with Crippen LogP contribution in [0.15, 0.2) is 28.7 Å². The second-order valence-corrected chi connectivity index (χ2v) is 7.93. The third-order valence-electron chi connectivity index (χ3n) is 4.44. The molecule has 4 rings (SSSR count). The molecule has 4 nitrogen and oxygen atoms in total. The third-order valence-corrected chi connectivity index (χ3v) is 6.25. The zero-order valence-electron chi connectivity index (χ0n) is 12.2. The molecule has 2 saturated heterocycles. The number of methoxy groups -OCH3 is 1. The molecule has 2 aliphatic rings. The highest BCUT2D eigenvalue weighted by molar-refractivity contribution is 8.01. The Balaban J connectivity index is 1.48. The van der Waals surface area contributed by atoms with Crippen molar-refractivity contribution < 1.29 is 13.9 Å². The van der Waals surface area contributed by atoms with Crippen LogP contribution in [-0.2, 0) is 4.74 Å². The van der Waals surface area contributed by atoms with Gasteiger partial charge in [-0.15, -0.1) is 11.8 Å². The van der Waals surface area contributed by atoms with Crippen LogP contribution < -0.4 is 0 Å². The Bertz CT molecular complexity index is 738. The van der Waals surface area contributed by atoms with E-state index < -0.39 is 0 Å². The smallest absolute Gasteiger partial charge is 0.289 e. The fourth-order valence-corrected chi connectivity index (χ4v) is 5.01. The van der Waals surface area contributed by atoms with Crippen molar-refractivity contribution in [3.8, 4) is 0 Å². The molecule has 0 saturated carbocycles. The van der Waals surface area contributed by atoms with Crippen LogP contribution in [0.25, 0.3) is 11.0 Å². The minimum atomic E-state index is -0.0422. The maximum absolute atomic E-state index is 12.5. The van der Waals surface area contributed by atoms with Crippen molar-refractivity contribution in [3.05, 3.63) is 35.0 Å². The molecule has 22 heavy (non-hydrogen) atoms. The van der Waals surface area contributed by atoms with Crippen LogP contribution in [0.2, 0.25) is 5.02 Å². The number of ether oxygens (including phenoxy) is 1. The summed E-state index contributed by atoms with van der Waals surface area (Å²) in [5.74, 6) is 1.36. The number of likely N-dealkylation sites (tertiary alicyclic amines) is 1. The molecular weight excluding hydrogens is 322 g/mol. The van der Waals surface area contributed by atoms with Crippen LogP contribution in [0.1, 0.15) is 17.0 Å². The first-order chi connectivity index (χ1) is 10.6. The maximum Gasteiger partial charge on any atom is 0.289 e. The van der Waals surface area contributed by atoms with Gasteiger partial charge in [-0.1, -0.05) is 11.6 Å². The number of fused-ring (bicyclic) bond motifs is 1. The summed E-state index contributed by atoms with van der Waals surface area (Å²) in [6, 6.07) is 7.14. The molecule has 0 N–H and O–H groups in total. The first-order valence-electron chi connectivity index (χ1n) is 7.24. The van der Waals surface area contributed by atoms with Gasteiger partial charge in [-0.2, -0.15) is 0 Å². The van der Waals surface area contributed by atoms with E-state index in [4.69, 9.17) is 20.8 Å². The molecule has 1 spiro atoms. The normalized spacial score (nSPS) is 23.2. The van der Waals surface area contributed by atoms with Crippen molar-refractivity contribution in [1.29, 1.82) is 0 Å². The molecule has 1 aromatic heterocycles. The van der Waals surface area contributed by atoms with E-state index in [9.17, 15) is 4.79 Å². The zero-order chi connectivity index (χ0) is 15.3. The highest BCUT2D eigenvalue weighted by Crippen LogP contribution is 2.46. The summed E-state index contributed by atoms with van der Waals surface area (Å²) in [4.78, 5) is 14.4. The lowest BCUT2D eigenvalue weighted by Gasteiger charge is -2.47. The number of carbonyl (C=O) groups excluding carboxylic acids is 1. The number of thioether (sulfide) groups is 1. The van der Waals surface area contributed by atoms with Gasteiger partial charge in [-0.05, 0) is 30.7 Å². The summed E-state index contributed by atoms with van der Waals surface area (Å²) >= 11 is 7.89. The van der Waals surface area contributed by atoms with Crippen LogP contribution in [-0.4, -0.2) is 47.6 Å². The number of furan rings is 1. The predicted octanol–water partition coefficient (Wildman–Crippen LogP) is 3.43. The molecule has 1 aromatic carbocycles. The molecule has 0 bridgehead atoms. The minimum Gasteiger partial charge on any atom is -0.451 e. The van der Waals surface area contributed by atoms with Crippen LogP contribution in [0.4, 0.5) is 0 Å². The number of halogens is 1. The van der Waals surface area contributed by atoms with E-state index in [0.29, 0.717) is 22.5 Å². The van der Waals surface area contributed by atoms with E-state index in [2.05, 4.69) is 0 Å². The summed E-state index contributed by atoms with van der Waals surface area (Å²) in [5, 5.41) is 1.50. The van der Waals surface area contributed by atoms with Gasteiger partial charge >= 0.3 is 0 Å². The molecule has 2 aliphatic heterocycles. The van der Waals surface area contributed by atoms with E-state index in [1.54, 1.807) is 25.3 Å². The van der Waals surface area contributed by atoms with E-state index >= 15 is 0 Å². The first-order valence-corrected chi connectivity index (χ1v) is 8.60. The lowest BCUT2D eigenvalue weighted by Crippen LogP contribution is -2.60. The van der Waals surface area contributed by atoms with Gasteiger partial charge in [0.15, 0.2) is 5.76 Å². The second kappa shape index (κ2) is 5.18. The summed E-state index contributed by atoms with van der Waals surface area (Å²) < 4.78 is 11.3. The van der Waals surface area contributed by atoms with Gasteiger partial charge < -0.3 is 14.1 Å². The van der Waals surface area contributed by atoms with E-state index in [0.717, 1.165) is 30.6 Å². The molecule has 6 heteroatoms. The standard InChI is InChI=1S/C16H16ClNO3S/c1-20-12-6-16(22-7-12)8-18(9-16)15(19)14-5-10-4-11(17)2-3-13(10)21-14/h2-5,12H,6-9H2,1H3/t12-/m1/s1. The van der Waals surface area contributed by atoms with Crippen LogP contribution >= 0.6 is 23.4 Å². The molecule has 0 radical (unpaired) electrons. The number of hydrogen-bond donors (Lipinski definition) is 0. The summed E-state index contributed by atoms with van der Waals surface area (Å²) in [6.45, 7) is 1.54. The highest BCUT2D eigenvalue weighted by atomic mass is 35.5. The van der Waals surface area contributed by atoms with Crippen molar-refractivity contribution >= 4 is 40.2 Å². The molecular formula is C16H16ClNO3S. The number of hydrogen-bond acceptors (Lipinski definition) is 4. The van der Waals surface area contributed by atoms with Crippen molar-refractivity contribution in [2.45, 2.75) is 17.3 Å². The van der Waals surface area contributed by atoms with Crippen LogP contribution in [0.3, 0.4) is 0 Å². The Hall–Kier alpha value is -1.17. The molecule has 1 amide bonds. The second-order valence-electron chi connectivity index (χ2n) is 6.01. The number of nitrogens with zero attached hydrogens (tertiary/aromatic N) is 1. The molecule has 116 valence electrons. The highest BCUT2D eigenvalue weighted by Gasteiger charge is 2.51. The van der Waals surface area contributed by atoms with E-state index in [-0.39, 0.29) is 10.7 Å². The number of carbonyl (C=O) groups is 1. The van der Waals surface area contributed by atoms with Gasteiger partial charge in [-0.3, -0.25) is 4.79 Å². The van der Waals surface area contributed by atoms with E-state index in [1.807, 2.05) is 22.7 Å². The average molecular weight is 338 g/mol. The Morgan fingerprint density at radius 1 is 1.45 bits per heavy atom. The van der Waals surface area contributed by atoms with Gasteiger partial charge in [-0.25, -0.2) is 0 Å². The fourth-order valence-electron chi connectivity index (χ4n) is 3.24. The van der Waals surface area contributed by atoms with Gasteiger partial charge in [0.05, 0.1) is 10.9 Å². The quantitative estimate of drug-likeness (QED) is 0.842. The number of rotatable bonds is 2. The summed E-state index contributed by atoms with van der Waals surface area (Å²) in [7, 11) is 1.76. The molecule has 2 fully saturated rings. The topological polar surface area (TPSA) is 42.7 Å². The Morgan fingerprint density at radius 3 is 3.00 bits per heavy atom. The summed E-state index contributed by atoms with van der Waals surface area (Å²) in [6.07, 6.45) is 1.34. The van der Waals surface area contributed by atoms with Gasteiger partial charge in [0.1, 0.15) is 5.58 Å². The SMILES string of the molecule is CO[C@H]1CSC2(C1)CN(C(=O)c1cc3cc(Cl)ccc3o1)C2. The third kappa shape index (κ3) is 2.32. The fraction of sp³-hybridized carbons (Fsp3) is 0.438. The van der Waals surface area contributed by atoms with Crippen LogP contribution in [0, 0.1) is 0 Å². The van der Waals surface area contributed by atoms with Gasteiger partial charge in [0.2, 0.25) is 0 Å². The Labute approximate surface area is 137 Å². The van der Waals surface area contributed by atoms with Crippen molar-refractivity contribution in [2.24, 2.45) is 0 Å². The molecule has 3 heterocycles. The first kappa shape index (κ1) is 14.4. The largest absolute Gasteiger partial charge is 0.451 e. The maximum atomic E-state index is 12.5. The van der Waals surface area contributed by atoms with Crippen LogP contribution in [0.5, 0.6) is 0 Å². The lowest BCUT2D eigenvalue weighted by molar-refractivity contribution is 0.0427. The Morgan fingerprint density at radius 2 is 2.27 bits per heavy atom. The monoisotopic (exact) mass is 337 g/mol. The van der Waals surface area contributed by atoms with Gasteiger partial charge in [0, 0.05) is 36.4 Å². The lowest BCUT2D eigenvalue weighted by atomic mass is 9.92. The summed E-state index contributed by atoms with van der Waals surface area (Å²) in [5.41, 5.74) is 0.692. The van der Waals surface area contributed by atoms with Crippen molar-refractivity contribution in [3.63, 3.8) is 0 Å². The zero-order valence-corrected chi connectivity index (χ0v) is 13.7. The van der Waals surface area contributed by atoms with Crippen molar-refractivity contribution in [1.82, 2.24) is 4.90 Å². The Kier molecular flexibility index (Phi) is 3.40. The van der Waals surface area contributed by atoms with Gasteiger partial charge in [0.25, 0.3) is 5.91 Å². The molecule has 0 unspecified atom stereocenters. The average Bonchev–Trinajstić information content (AvgIpc) is 3.08. The molecule has 1 atom stereocenters. The van der Waals surface area contributed by atoms with Crippen molar-refractivity contribution in [2.75, 3.05) is 26.0 Å². The molecule has 2 aromatic rings. The predicted molar refractivity (Wildman–Crippen MR) is 87.7 cm³/mol.